The monoisotopic (exact) mass is 169 g/mol. The summed E-state index contributed by atoms with van der Waals surface area (Å²) >= 11 is 0. The van der Waals surface area contributed by atoms with E-state index in [1.165, 1.54) is 13.1 Å². The average molecular weight is 169 g/mol. The van der Waals surface area contributed by atoms with E-state index in [4.69, 9.17) is 0 Å². The van der Waals surface area contributed by atoms with Crippen LogP contribution in [0.15, 0.2) is 11.9 Å². The van der Waals surface area contributed by atoms with E-state index in [0.717, 1.165) is 0 Å². The molecule has 3 nitrogen and oxygen atoms in total. The van der Waals surface area contributed by atoms with E-state index in [1.54, 1.807) is 0 Å². The third kappa shape index (κ3) is 0.748. The number of carbonyl (C=O) groups excluding carboxylic acids is 2. The maximum atomic E-state index is 12.5. The highest BCUT2D eigenvalue weighted by Crippen LogP contribution is 2.54. The molecule has 1 fully saturated rings. The van der Waals surface area contributed by atoms with Gasteiger partial charge >= 0.3 is 0 Å². The van der Waals surface area contributed by atoms with Crippen LogP contribution in [-0.4, -0.2) is 18.7 Å². The van der Waals surface area contributed by atoms with E-state index in [1.807, 2.05) is 0 Å². The molecule has 1 saturated carbocycles. The van der Waals surface area contributed by atoms with Gasteiger partial charge in [-0.15, -0.1) is 0 Å². The fourth-order valence-corrected chi connectivity index (χ4v) is 1.79. The van der Waals surface area contributed by atoms with Gasteiger partial charge in [-0.3, -0.25) is 9.59 Å². The quantitative estimate of drug-likeness (QED) is 0.602. The van der Waals surface area contributed by atoms with Crippen molar-refractivity contribution in [3.8, 4) is 0 Å². The molecule has 1 N–H and O–H groups in total. The number of allylic oxidation sites excluding steroid dienone is 2. The lowest BCUT2D eigenvalue weighted by Gasteiger charge is -1.97. The Kier molecular flexibility index (Phi) is 1.34. The highest BCUT2D eigenvalue weighted by molar-refractivity contribution is 6.05. The summed E-state index contributed by atoms with van der Waals surface area (Å²) in [7, 11) is 1.51. The van der Waals surface area contributed by atoms with E-state index in [0.29, 0.717) is 0 Å². The second-order valence-electron chi connectivity index (χ2n) is 3.12. The molecule has 2 aliphatic rings. The molecule has 1 amide bonds. The Morgan fingerprint density at radius 3 is 2.75 bits per heavy atom. The Balaban J connectivity index is 2.14. The number of halogens is 1. The first-order valence-electron chi connectivity index (χ1n) is 3.80. The summed E-state index contributed by atoms with van der Waals surface area (Å²) in [4.78, 5) is 22.0. The summed E-state index contributed by atoms with van der Waals surface area (Å²) < 4.78 is 12.5. The van der Waals surface area contributed by atoms with Gasteiger partial charge in [0.25, 0.3) is 0 Å². The molecule has 12 heavy (non-hydrogen) atoms. The summed E-state index contributed by atoms with van der Waals surface area (Å²) in [6, 6.07) is 0. The molecular formula is C8H8FNO2. The minimum atomic E-state index is -0.676. The maximum Gasteiger partial charge on any atom is 0.224 e. The van der Waals surface area contributed by atoms with Gasteiger partial charge in [-0.2, -0.15) is 0 Å². The summed E-state index contributed by atoms with van der Waals surface area (Å²) in [5.74, 6) is -2.22. The van der Waals surface area contributed by atoms with Crippen molar-refractivity contribution in [3.05, 3.63) is 11.9 Å². The first kappa shape index (κ1) is 7.46. The molecule has 0 saturated heterocycles. The molecule has 0 bridgehead atoms. The van der Waals surface area contributed by atoms with Gasteiger partial charge < -0.3 is 5.32 Å². The zero-order valence-corrected chi connectivity index (χ0v) is 6.50. The van der Waals surface area contributed by atoms with Crippen molar-refractivity contribution in [2.75, 3.05) is 7.05 Å². The van der Waals surface area contributed by atoms with Crippen LogP contribution in [-0.2, 0) is 9.59 Å². The van der Waals surface area contributed by atoms with Crippen molar-refractivity contribution < 1.29 is 14.0 Å². The van der Waals surface area contributed by atoms with Gasteiger partial charge in [0, 0.05) is 18.9 Å². The fraction of sp³-hybridized carbons (Fsp3) is 0.500. The topological polar surface area (TPSA) is 46.2 Å². The van der Waals surface area contributed by atoms with Gasteiger partial charge in [0.15, 0.2) is 11.6 Å². The minimum absolute atomic E-state index is 0.165. The first-order chi connectivity index (χ1) is 5.66. The van der Waals surface area contributed by atoms with Gasteiger partial charge in [-0.05, 0) is 6.08 Å². The molecule has 0 heterocycles. The van der Waals surface area contributed by atoms with Crippen LogP contribution in [0, 0.1) is 17.8 Å². The molecule has 3 atom stereocenters. The SMILES string of the molecule is CNC(=O)C1C2C=C(F)C(=O)C21. The van der Waals surface area contributed by atoms with E-state index < -0.39 is 17.5 Å². The average Bonchev–Trinajstić information content (AvgIpc) is 2.68. The Bertz CT molecular complexity index is 297. The van der Waals surface area contributed by atoms with E-state index in [9.17, 15) is 14.0 Å². The van der Waals surface area contributed by atoms with Gasteiger partial charge in [0.2, 0.25) is 5.91 Å². The number of carbonyl (C=O) groups is 2. The van der Waals surface area contributed by atoms with Crippen molar-refractivity contribution in [2.24, 2.45) is 17.8 Å². The predicted molar refractivity (Wildman–Crippen MR) is 38.7 cm³/mol. The molecule has 0 aromatic heterocycles. The number of hydrogen-bond acceptors (Lipinski definition) is 2. The zero-order valence-electron chi connectivity index (χ0n) is 6.50. The van der Waals surface area contributed by atoms with Crippen molar-refractivity contribution in [2.45, 2.75) is 0 Å². The number of Topliss-reactive ketones (excluding diaryl/α,β-unsaturated/α-hetero) is 1. The molecule has 0 spiro atoms. The molecule has 3 unspecified atom stereocenters. The number of ketones is 1. The predicted octanol–water partition coefficient (Wildman–Crippen LogP) is 0.0307. The summed E-state index contributed by atoms with van der Waals surface area (Å²) in [5, 5.41) is 2.45. The third-order valence-corrected chi connectivity index (χ3v) is 2.50. The van der Waals surface area contributed by atoms with Gasteiger partial charge in [-0.25, -0.2) is 4.39 Å². The van der Waals surface area contributed by atoms with Crippen LogP contribution in [0.1, 0.15) is 0 Å². The van der Waals surface area contributed by atoms with E-state index in [2.05, 4.69) is 5.32 Å². The number of hydrogen-bond donors (Lipinski definition) is 1. The second kappa shape index (κ2) is 2.15. The van der Waals surface area contributed by atoms with Gasteiger partial charge in [0.1, 0.15) is 0 Å². The molecule has 0 aromatic carbocycles. The summed E-state index contributed by atoms with van der Waals surface area (Å²) in [6.07, 6.45) is 1.26. The standard InChI is InChI=1S/C8H8FNO2/c1-10-8(12)6-3-2-4(9)7(11)5(3)6/h2-3,5-6H,1H3,(H,10,12). The fourth-order valence-electron chi connectivity index (χ4n) is 1.79. The normalized spacial score (nSPS) is 37.3. The Morgan fingerprint density at radius 1 is 1.67 bits per heavy atom. The Morgan fingerprint density at radius 2 is 2.33 bits per heavy atom. The Hall–Kier alpha value is -1.19. The summed E-state index contributed by atoms with van der Waals surface area (Å²) in [6.45, 7) is 0. The van der Waals surface area contributed by atoms with Crippen LogP contribution in [0.4, 0.5) is 4.39 Å². The van der Waals surface area contributed by atoms with Crippen LogP contribution in [0.25, 0.3) is 0 Å². The van der Waals surface area contributed by atoms with Gasteiger partial charge in [-0.1, -0.05) is 0 Å². The molecule has 4 heteroatoms. The maximum absolute atomic E-state index is 12.5. The lowest BCUT2D eigenvalue weighted by Crippen LogP contribution is -2.22. The molecule has 2 aliphatic carbocycles. The van der Waals surface area contributed by atoms with Gasteiger partial charge in [0.05, 0.1) is 5.92 Å². The number of nitrogens with one attached hydrogen (secondary N) is 1. The van der Waals surface area contributed by atoms with Crippen molar-refractivity contribution in [3.63, 3.8) is 0 Å². The molecular weight excluding hydrogens is 161 g/mol. The highest BCUT2D eigenvalue weighted by atomic mass is 19.1. The smallest absolute Gasteiger partial charge is 0.224 e. The number of fused-ring (bicyclic) bond motifs is 1. The van der Waals surface area contributed by atoms with Crippen LogP contribution in [0.2, 0.25) is 0 Å². The van der Waals surface area contributed by atoms with E-state index >= 15 is 0 Å². The molecule has 0 aromatic rings. The first-order valence-corrected chi connectivity index (χ1v) is 3.80. The molecule has 0 aliphatic heterocycles. The van der Waals surface area contributed by atoms with Crippen LogP contribution in [0.3, 0.4) is 0 Å². The van der Waals surface area contributed by atoms with Crippen molar-refractivity contribution >= 4 is 11.7 Å². The largest absolute Gasteiger partial charge is 0.359 e. The second-order valence-corrected chi connectivity index (χ2v) is 3.12. The zero-order chi connectivity index (χ0) is 8.88. The molecule has 0 radical (unpaired) electrons. The Labute approximate surface area is 68.6 Å². The lowest BCUT2D eigenvalue weighted by molar-refractivity contribution is -0.125. The number of amides is 1. The molecule has 2 rings (SSSR count). The minimum Gasteiger partial charge on any atom is -0.359 e. The summed E-state index contributed by atoms with van der Waals surface area (Å²) in [5.41, 5.74) is 0. The van der Waals surface area contributed by atoms with Crippen LogP contribution < -0.4 is 5.32 Å². The van der Waals surface area contributed by atoms with Crippen molar-refractivity contribution in [1.82, 2.24) is 5.32 Å². The highest BCUT2D eigenvalue weighted by Gasteiger charge is 2.61. The van der Waals surface area contributed by atoms with E-state index in [-0.39, 0.29) is 17.7 Å². The lowest BCUT2D eigenvalue weighted by atomic mass is 10.2. The van der Waals surface area contributed by atoms with Crippen molar-refractivity contribution in [1.29, 1.82) is 0 Å². The molecule has 64 valence electrons. The number of rotatable bonds is 1. The van der Waals surface area contributed by atoms with Crippen LogP contribution >= 0.6 is 0 Å². The third-order valence-electron chi connectivity index (χ3n) is 2.50. The van der Waals surface area contributed by atoms with Crippen LogP contribution in [0.5, 0.6) is 0 Å².